The molecule has 26 heavy (non-hydrogen) atoms. The highest BCUT2D eigenvalue weighted by molar-refractivity contribution is 6.14. The quantitative estimate of drug-likeness (QED) is 0.511. The van der Waals surface area contributed by atoms with E-state index >= 15 is 0 Å². The van der Waals surface area contributed by atoms with Gasteiger partial charge in [-0.1, -0.05) is 6.92 Å². The van der Waals surface area contributed by atoms with Gasteiger partial charge in [-0.25, -0.2) is 14.4 Å². The SMILES string of the molecule is CCCNC(=O)c1c[nH]c2ncc(C(=N)c3ccc(F)cc3NC)nc12. The summed E-state index contributed by atoms with van der Waals surface area (Å²) in [5.74, 6) is -0.637. The molecule has 0 aliphatic rings. The molecule has 2 aromatic heterocycles. The Bertz CT molecular complexity index is 981. The Hall–Kier alpha value is -3.29. The maximum Gasteiger partial charge on any atom is 0.255 e. The lowest BCUT2D eigenvalue weighted by atomic mass is 10.1. The zero-order valence-corrected chi connectivity index (χ0v) is 14.5. The lowest BCUT2D eigenvalue weighted by molar-refractivity contribution is 0.0955. The van der Waals surface area contributed by atoms with Gasteiger partial charge in [0.05, 0.1) is 17.5 Å². The van der Waals surface area contributed by atoms with Crippen molar-refractivity contribution in [3.05, 3.63) is 53.2 Å². The molecule has 0 aliphatic carbocycles. The van der Waals surface area contributed by atoms with Crippen LogP contribution < -0.4 is 10.6 Å². The van der Waals surface area contributed by atoms with E-state index in [9.17, 15) is 9.18 Å². The number of fused-ring (bicyclic) bond motifs is 1. The van der Waals surface area contributed by atoms with Gasteiger partial charge in [0.1, 0.15) is 17.0 Å². The molecule has 3 aromatic rings. The molecule has 0 radical (unpaired) electrons. The monoisotopic (exact) mass is 354 g/mol. The molecule has 0 fully saturated rings. The predicted octanol–water partition coefficient (Wildman–Crippen LogP) is 2.69. The van der Waals surface area contributed by atoms with Crippen molar-refractivity contribution in [2.45, 2.75) is 13.3 Å². The summed E-state index contributed by atoms with van der Waals surface area (Å²) in [6, 6.07) is 4.12. The smallest absolute Gasteiger partial charge is 0.255 e. The minimum absolute atomic E-state index is 0.0878. The number of aromatic amines is 1. The third-order valence-electron chi connectivity index (χ3n) is 3.94. The van der Waals surface area contributed by atoms with Gasteiger partial charge in [-0.05, 0) is 24.6 Å². The van der Waals surface area contributed by atoms with Crippen LogP contribution in [-0.4, -0.2) is 40.2 Å². The maximum absolute atomic E-state index is 13.4. The van der Waals surface area contributed by atoms with E-state index in [0.717, 1.165) is 6.42 Å². The number of nitrogens with one attached hydrogen (secondary N) is 4. The first-order valence-corrected chi connectivity index (χ1v) is 8.24. The third kappa shape index (κ3) is 3.26. The summed E-state index contributed by atoms with van der Waals surface area (Å²) >= 11 is 0. The van der Waals surface area contributed by atoms with Crippen LogP contribution in [0.5, 0.6) is 0 Å². The molecule has 0 unspecified atom stereocenters. The molecule has 0 spiro atoms. The number of benzene rings is 1. The van der Waals surface area contributed by atoms with Crippen LogP contribution in [0.4, 0.5) is 10.1 Å². The first kappa shape index (κ1) is 17.5. The molecule has 134 valence electrons. The maximum atomic E-state index is 13.4. The van der Waals surface area contributed by atoms with Gasteiger partial charge in [-0.15, -0.1) is 0 Å². The highest BCUT2D eigenvalue weighted by atomic mass is 19.1. The molecule has 0 atom stereocenters. The van der Waals surface area contributed by atoms with Crippen LogP contribution in [0, 0.1) is 11.2 Å². The van der Waals surface area contributed by atoms with Crippen LogP contribution in [0.1, 0.15) is 35.0 Å². The Labute approximate surface area is 149 Å². The minimum Gasteiger partial charge on any atom is -0.387 e. The largest absolute Gasteiger partial charge is 0.387 e. The summed E-state index contributed by atoms with van der Waals surface area (Å²) in [5.41, 5.74) is 2.60. The standard InChI is InChI=1S/C18H19FN6O/c1-3-6-22-18(26)12-8-23-17-16(12)25-14(9-24-17)15(20)11-5-4-10(19)7-13(11)21-2/h4-5,7-9,20-21H,3,6H2,1-2H3,(H,22,26)(H,23,24). The van der Waals surface area contributed by atoms with Crippen molar-refractivity contribution in [3.63, 3.8) is 0 Å². The van der Waals surface area contributed by atoms with Crippen LogP contribution in [0.15, 0.2) is 30.6 Å². The molecule has 0 bridgehead atoms. The first-order chi connectivity index (χ1) is 12.5. The van der Waals surface area contributed by atoms with Gasteiger partial charge in [-0.2, -0.15) is 0 Å². The van der Waals surface area contributed by atoms with Crippen LogP contribution >= 0.6 is 0 Å². The normalized spacial score (nSPS) is 10.7. The van der Waals surface area contributed by atoms with E-state index in [1.807, 2.05) is 6.92 Å². The van der Waals surface area contributed by atoms with Crippen LogP contribution in [0.3, 0.4) is 0 Å². The Balaban J connectivity index is 2.01. The second kappa shape index (κ2) is 7.30. The second-order valence-corrected chi connectivity index (χ2v) is 5.73. The molecule has 3 rings (SSSR count). The molecular weight excluding hydrogens is 335 g/mol. The molecule has 1 amide bonds. The predicted molar refractivity (Wildman–Crippen MR) is 98.4 cm³/mol. The van der Waals surface area contributed by atoms with Crippen molar-refractivity contribution in [1.82, 2.24) is 20.3 Å². The number of anilines is 1. The summed E-state index contributed by atoms with van der Waals surface area (Å²) in [4.78, 5) is 23.9. The van der Waals surface area contributed by atoms with Gasteiger partial charge in [-0.3, -0.25) is 10.2 Å². The Morgan fingerprint density at radius 1 is 1.35 bits per heavy atom. The van der Waals surface area contributed by atoms with Crippen LogP contribution in [0.2, 0.25) is 0 Å². The lowest BCUT2D eigenvalue weighted by Gasteiger charge is -2.10. The summed E-state index contributed by atoms with van der Waals surface area (Å²) < 4.78 is 13.4. The van der Waals surface area contributed by atoms with Crippen LogP contribution in [-0.2, 0) is 0 Å². The fourth-order valence-electron chi connectivity index (χ4n) is 2.60. The molecule has 0 saturated carbocycles. The van der Waals surface area contributed by atoms with Crippen molar-refractivity contribution in [3.8, 4) is 0 Å². The fraction of sp³-hybridized carbons (Fsp3) is 0.222. The van der Waals surface area contributed by atoms with Crippen molar-refractivity contribution >= 4 is 28.5 Å². The van der Waals surface area contributed by atoms with Crippen LogP contribution in [0.25, 0.3) is 11.2 Å². The Morgan fingerprint density at radius 2 is 2.15 bits per heavy atom. The topological polar surface area (TPSA) is 107 Å². The number of nitrogens with zero attached hydrogens (tertiary/aromatic N) is 2. The van der Waals surface area contributed by atoms with Crippen molar-refractivity contribution < 1.29 is 9.18 Å². The van der Waals surface area contributed by atoms with Crippen molar-refractivity contribution in [2.24, 2.45) is 0 Å². The summed E-state index contributed by atoms with van der Waals surface area (Å²) in [6.07, 6.45) is 3.84. The van der Waals surface area contributed by atoms with E-state index in [0.29, 0.717) is 40.2 Å². The zero-order chi connectivity index (χ0) is 18.7. The summed E-state index contributed by atoms with van der Waals surface area (Å²) in [6.45, 7) is 2.53. The fourth-order valence-corrected chi connectivity index (χ4v) is 2.60. The number of H-pyrrole nitrogens is 1. The number of halogens is 1. The molecule has 0 aliphatic heterocycles. The molecule has 2 heterocycles. The zero-order valence-electron chi connectivity index (χ0n) is 14.5. The van der Waals surface area contributed by atoms with Crippen molar-refractivity contribution in [1.29, 1.82) is 5.41 Å². The van der Waals surface area contributed by atoms with E-state index in [2.05, 4.69) is 25.6 Å². The van der Waals surface area contributed by atoms with E-state index in [1.54, 1.807) is 13.2 Å². The van der Waals surface area contributed by atoms with E-state index in [4.69, 9.17) is 5.41 Å². The third-order valence-corrected chi connectivity index (χ3v) is 3.94. The van der Waals surface area contributed by atoms with E-state index in [-0.39, 0.29) is 11.6 Å². The molecule has 0 saturated heterocycles. The molecule has 8 heteroatoms. The number of carbonyl (C=O) groups is 1. The van der Waals surface area contributed by atoms with Gasteiger partial charge < -0.3 is 15.6 Å². The number of carbonyl (C=O) groups excluding carboxylic acids is 1. The van der Waals surface area contributed by atoms with E-state index in [1.165, 1.54) is 24.4 Å². The highest BCUT2D eigenvalue weighted by Gasteiger charge is 2.17. The summed E-state index contributed by atoms with van der Waals surface area (Å²) in [7, 11) is 1.66. The average Bonchev–Trinajstić information content (AvgIpc) is 3.08. The number of hydrogen-bond donors (Lipinski definition) is 4. The first-order valence-electron chi connectivity index (χ1n) is 8.24. The molecule has 4 N–H and O–H groups in total. The molecular formula is C18H19FN6O. The highest BCUT2D eigenvalue weighted by Crippen LogP contribution is 2.21. The minimum atomic E-state index is -0.395. The lowest BCUT2D eigenvalue weighted by Crippen LogP contribution is -2.23. The van der Waals surface area contributed by atoms with Crippen molar-refractivity contribution in [2.75, 3.05) is 18.9 Å². The number of rotatable bonds is 6. The van der Waals surface area contributed by atoms with Gasteiger partial charge in [0.15, 0.2) is 5.65 Å². The van der Waals surface area contributed by atoms with Gasteiger partial charge in [0.25, 0.3) is 5.91 Å². The molecule has 1 aromatic carbocycles. The number of amides is 1. The van der Waals surface area contributed by atoms with E-state index < -0.39 is 5.82 Å². The Kier molecular flexibility index (Phi) is 4.92. The van der Waals surface area contributed by atoms with Gasteiger partial charge in [0.2, 0.25) is 0 Å². The second-order valence-electron chi connectivity index (χ2n) is 5.73. The molecule has 7 nitrogen and oxygen atoms in total. The average molecular weight is 354 g/mol. The van der Waals surface area contributed by atoms with Gasteiger partial charge >= 0.3 is 0 Å². The Morgan fingerprint density at radius 3 is 2.88 bits per heavy atom. The summed E-state index contributed by atoms with van der Waals surface area (Å²) in [5, 5.41) is 14.1. The number of hydrogen-bond acceptors (Lipinski definition) is 5. The number of aromatic nitrogens is 3. The van der Waals surface area contributed by atoms with Gasteiger partial charge in [0, 0.05) is 31.0 Å².